The second-order valence-corrected chi connectivity index (χ2v) is 6.51. The molecular weight excluding hydrogens is 334 g/mol. The van der Waals surface area contributed by atoms with Gasteiger partial charge in [-0.05, 0) is 40.0 Å². The first-order valence-electron chi connectivity index (χ1n) is 8.09. The van der Waals surface area contributed by atoms with Crippen molar-refractivity contribution in [2.45, 2.75) is 71.0 Å². The zero-order valence-corrected chi connectivity index (χ0v) is 14.9. The van der Waals surface area contributed by atoms with E-state index in [4.69, 9.17) is 19.7 Å². The van der Waals surface area contributed by atoms with Gasteiger partial charge in [-0.25, -0.2) is 4.79 Å². The molecule has 0 aromatic heterocycles. The van der Waals surface area contributed by atoms with Crippen molar-refractivity contribution in [1.82, 2.24) is 5.32 Å². The molecule has 144 valence electrons. The van der Waals surface area contributed by atoms with Gasteiger partial charge in [0.2, 0.25) is 0 Å². The first kappa shape index (κ1) is 22.7. The van der Waals surface area contributed by atoms with Crippen LogP contribution in [0.15, 0.2) is 0 Å². The smallest absolute Gasteiger partial charge is 0.407 e. The van der Waals surface area contributed by atoms with Crippen LogP contribution in [0.2, 0.25) is 0 Å². The van der Waals surface area contributed by atoms with Crippen molar-refractivity contribution >= 4 is 24.0 Å². The predicted molar refractivity (Wildman–Crippen MR) is 87.1 cm³/mol. The molecule has 25 heavy (non-hydrogen) atoms. The number of alkyl carbamates (subject to hydrolysis) is 1. The number of carbonyl (C=O) groups excluding carboxylic acids is 2. The van der Waals surface area contributed by atoms with E-state index in [1.165, 1.54) is 0 Å². The zero-order valence-electron chi connectivity index (χ0n) is 14.9. The highest BCUT2D eigenvalue weighted by Gasteiger charge is 2.18. The lowest BCUT2D eigenvalue weighted by Gasteiger charge is -2.19. The third kappa shape index (κ3) is 15.0. The largest absolute Gasteiger partial charge is 0.481 e. The van der Waals surface area contributed by atoms with Crippen molar-refractivity contribution in [1.29, 1.82) is 0 Å². The lowest BCUT2D eigenvalue weighted by Crippen LogP contribution is -2.31. The summed E-state index contributed by atoms with van der Waals surface area (Å²) in [5.41, 5.74) is -0.565. The summed E-state index contributed by atoms with van der Waals surface area (Å²) < 4.78 is 10.2. The predicted octanol–water partition coefficient (Wildman–Crippen LogP) is 1.93. The van der Waals surface area contributed by atoms with E-state index in [-0.39, 0.29) is 44.6 Å². The van der Waals surface area contributed by atoms with Gasteiger partial charge in [-0.2, -0.15) is 0 Å². The van der Waals surface area contributed by atoms with Crippen LogP contribution in [0.4, 0.5) is 4.79 Å². The number of hydrogen-bond donors (Lipinski definition) is 3. The minimum Gasteiger partial charge on any atom is -0.481 e. The van der Waals surface area contributed by atoms with Crippen molar-refractivity contribution in [3.8, 4) is 0 Å². The molecule has 0 saturated carbocycles. The first-order chi connectivity index (χ1) is 11.5. The maximum Gasteiger partial charge on any atom is 0.407 e. The topological polar surface area (TPSA) is 139 Å². The fourth-order valence-electron chi connectivity index (χ4n) is 1.84. The van der Waals surface area contributed by atoms with Gasteiger partial charge >= 0.3 is 24.0 Å². The lowest BCUT2D eigenvalue weighted by atomic mass is 10.1. The van der Waals surface area contributed by atoms with E-state index in [1.54, 1.807) is 20.8 Å². The number of carboxylic acid groups (broad SMARTS) is 2. The number of aliphatic carboxylic acids is 2. The van der Waals surface area contributed by atoms with Crippen LogP contribution in [-0.2, 0) is 23.9 Å². The molecule has 0 bridgehead atoms. The monoisotopic (exact) mass is 361 g/mol. The fourth-order valence-corrected chi connectivity index (χ4v) is 1.84. The van der Waals surface area contributed by atoms with Gasteiger partial charge in [0.05, 0.1) is 0 Å². The third-order valence-electron chi connectivity index (χ3n) is 2.88. The number of esters is 1. The average Bonchev–Trinajstić information content (AvgIpc) is 2.44. The van der Waals surface area contributed by atoms with Crippen molar-refractivity contribution < 1.29 is 38.9 Å². The van der Waals surface area contributed by atoms with Gasteiger partial charge in [0, 0.05) is 25.8 Å². The van der Waals surface area contributed by atoms with Crippen LogP contribution in [-0.4, -0.2) is 52.5 Å². The normalized spacial score (nSPS) is 11.0. The molecule has 9 nitrogen and oxygen atoms in total. The highest BCUT2D eigenvalue weighted by Crippen LogP contribution is 2.11. The van der Waals surface area contributed by atoms with E-state index in [0.29, 0.717) is 6.42 Å². The van der Waals surface area contributed by atoms with Gasteiger partial charge in [0.1, 0.15) is 11.7 Å². The molecule has 0 atom stereocenters. The van der Waals surface area contributed by atoms with Crippen LogP contribution >= 0.6 is 0 Å². The number of nitrogens with one attached hydrogen (secondary N) is 1. The molecule has 0 aromatic carbocycles. The molecule has 1 amide bonds. The van der Waals surface area contributed by atoms with Gasteiger partial charge in [0.15, 0.2) is 0 Å². The van der Waals surface area contributed by atoms with Crippen molar-refractivity contribution in [2.24, 2.45) is 0 Å². The van der Waals surface area contributed by atoms with E-state index >= 15 is 0 Å². The lowest BCUT2D eigenvalue weighted by molar-refractivity contribution is -0.155. The first-order valence-corrected chi connectivity index (χ1v) is 8.09. The van der Waals surface area contributed by atoms with E-state index in [0.717, 1.165) is 0 Å². The number of ether oxygens (including phenoxy) is 2. The number of amides is 1. The maximum absolute atomic E-state index is 11.7. The second kappa shape index (κ2) is 11.3. The Hall–Kier alpha value is -2.32. The van der Waals surface area contributed by atoms with Crippen molar-refractivity contribution in [3.63, 3.8) is 0 Å². The summed E-state index contributed by atoms with van der Waals surface area (Å²) in [5, 5.41) is 19.8. The van der Waals surface area contributed by atoms with Gasteiger partial charge in [-0.3, -0.25) is 14.4 Å². The molecule has 0 radical (unpaired) electrons. The molecule has 0 rings (SSSR count). The molecular formula is C16H27NO8. The quantitative estimate of drug-likeness (QED) is 0.375. The summed E-state index contributed by atoms with van der Waals surface area (Å²) in [4.78, 5) is 44.3. The number of carboxylic acids is 2. The molecule has 0 aliphatic carbocycles. The summed E-state index contributed by atoms with van der Waals surface area (Å²) >= 11 is 0. The van der Waals surface area contributed by atoms with Crippen LogP contribution in [0.3, 0.4) is 0 Å². The van der Waals surface area contributed by atoms with Crippen LogP contribution in [0.1, 0.15) is 59.3 Å². The molecule has 0 aliphatic rings. The zero-order chi connectivity index (χ0) is 19.5. The molecule has 0 saturated heterocycles. The Morgan fingerprint density at radius 2 is 1.48 bits per heavy atom. The second-order valence-electron chi connectivity index (χ2n) is 6.51. The Balaban J connectivity index is 4.13. The van der Waals surface area contributed by atoms with Gasteiger partial charge in [-0.1, -0.05) is 0 Å². The van der Waals surface area contributed by atoms with Gasteiger partial charge < -0.3 is 25.0 Å². The summed E-state index contributed by atoms with van der Waals surface area (Å²) in [7, 11) is 0. The number of carbonyl (C=O) groups is 4. The highest BCUT2D eigenvalue weighted by atomic mass is 16.6. The Kier molecular flexibility index (Phi) is 10.2. The summed E-state index contributed by atoms with van der Waals surface area (Å²) in [6, 6.07) is 0. The Labute approximate surface area is 146 Å². The van der Waals surface area contributed by atoms with Crippen LogP contribution in [0.5, 0.6) is 0 Å². The van der Waals surface area contributed by atoms with Crippen molar-refractivity contribution in [2.75, 3.05) is 6.54 Å². The molecule has 0 fully saturated rings. The molecule has 0 aromatic rings. The summed E-state index contributed by atoms with van der Waals surface area (Å²) in [5.74, 6) is -2.48. The van der Waals surface area contributed by atoms with E-state index in [1.807, 2.05) is 0 Å². The van der Waals surface area contributed by atoms with Crippen LogP contribution < -0.4 is 5.32 Å². The SMILES string of the molecule is CC(C)(C)OC(=O)CCCNC(=O)OC(CCC(=O)O)CCC(=O)O. The highest BCUT2D eigenvalue weighted by molar-refractivity contribution is 5.70. The molecule has 0 heterocycles. The molecule has 9 heteroatoms. The Morgan fingerprint density at radius 3 is 1.92 bits per heavy atom. The van der Waals surface area contributed by atoms with Gasteiger partial charge in [0.25, 0.3) is 0 Å². The number of rotatable bonds is 11. The Morgan fingerprint density at radius 1 is 0.960 bits per heavy atom. The van der Waals surface area contributed by atoms with Gasteiger partial charge in [-0.15, -0.1) is 0 Å². The van der Waals surface area contributed by atoms with Crippen LogP contribution in [0.25, 0.3) is 0 Å². The molecule has 0 aliphatic heterocycles. The van der Waals surface area contributed by atoms with E-state index < -0.39 is 29.7 Å². The average molecular weight is 361 g/mol. The van der Waals surface area contributed by atoms with E-state index in [9.17, 15) is 19.2 Å². The minimum absolute atomic E-state index is 0.0357. The Bertz CT molecular complexity index is 451. The minimum atomic E-state index is -1.05. The summed E-state index contributed by atoms with van der Waals surface area (Å²) in [6.45, 7) is 5.46. The molecule has 0 unspecified atom stereocenters. The maximum atomic E-state index is 11.7. The standard InChI is InChI=1S/C16H27NO8/c1-16(2,3)25-14(22)5-4-10-17-15(23)24-11(6-8-12(18)19)7-9-13(20)21/h11H,4-10H2,1-3H3,(H,17,23)(H,18,19)(H,20,21). The third-order valence-corrected chi connectivity index (χ3v) is 2.88. The number of hydrogen-bond acceptors (Lipinski definition) is 6. The fraction of sp³-hybridized carbons (Fsp3) is 0.750. The van der Waals surface area contributed by atoms with Crippen LogP contribution in [0, 0.1) is 0 Å². The summed E-state index contributed by atoms with van der Waals surface area (Å²) in [6.07, 6.45) is -1.45. The molecule has 0 spiro atoms. The molecule has 3 N–H and O–H groups in total. The van der Waals surface area contributed by atoms with Crippen molar-refractivity contribution in [3.05, 3.63) is 0 Å². The van der Waals surface area contributed by atoms with E-state index in [2.05, 4.69) is 5.32 Å².